The molecule has 2 heterocycles. The molecule has 3 aromatic rings. The van der Waals surface area contributed by atoms with Crippen LogP contribution in [0, 0.1) is 6.08 Å². The number of fused-ring (bicyclic) bond motifs is 1. The molecular formula is C18H21FN4O4. The standard InChI is InChI=1S/C18H21FN4O4/c1-24-6-5-23-15(21-12-10-20-18(19)22-17(12)23)9-11-7-13(25-2)16(27-4)14(8-11)26-3/h7-8,10H,5-6,9H2,1-4H3. The lowest BCUT2D eigenvalue weighted by atomic mass is 10.1. The first-order valence-electron chi connectivity index (χ1n) is 8.26. The van der Waals surface area contributed by atoms with Gasteiger partial charge in [0.1, 0.15) is 11.3 Å². The Balaban J connectivity index is 2.05. The number of aromatic nitrogens is 4. The number of imidazole rings is 1. The summed E-state index contributed by atoms with van der Waals surface area (Å²) in [5.41, 5.74) is 1.85. The van der Waals surface area contributed by atoms with E-state index < -0.39 is 6.08 Å². The number of methoxy groups -OCH3 is 4. The summed E-state index contributed by atoms with van der Waals surface area (Å²) in [5.74, 6) is 2.33. The highest BCUT2D eigenvalue weighted by atomic mass is 19.1. The normalized spacial score (nSPS) is 11.0. The first kappa shape index (κ1) is 18.8. The average molecular weight is 376 g/mol. The summed E-state index contributed by atoms with van der Waals surface area (Å²) >= 11 is 0. The third-order valence-corrected chi connectivity index (χ3v) is 4.14. The zero-order valence-corrected chi connectivity index (χ0v) is 15.7. The molecule has 9 heteroatoms. The van der Waals surface area contributed by atoms with Gasteiger partial charge in [0.2, 0.25) is 5.75 Å². The maximum absolute atomic E-state index is 13.5. The van der Waals surface area contributed by atoms with E-state index in [0.29, 0.717) is 53.8 Å². The van der Waals surface area contributed by atoms with Crippen LogP contribution in [0.25, 0.3) is 11.2 Å². The zero-order valence-electron chi connectivity index (χ0n) is 15.7. The first-order valence-corrected chi connectivity index (χ1v) is 8.26. The summed E-state index contributed by atoms with van der Waals surface area (Å²) in [7, 11) is 6.28. The molecule has 0 atom stereocenters. The van der Waals surface area contributed by atoms with Gasteiger partial charge in [-0.1, -0.05) is 0 Å². The monoisotopic (exact) mass is 376 g/mol. The third kappa shape index (κ3) is 3.77. The molecule has 0 bridgehead atoms. The van der Waals surface area contributed by atoms with E-state index in [4.69, 9.17) is 18.9 Å². The molecule has 8 nitrogen and oxygen atoms in total. The molecule has 0 N–H and O–H groups in total. The summed E-state index contributed by atoms with van der Waals surface area (Å²) in [6.45, 7) is 0.933. The van der Waals surface area contributed by atoms with E-state index in [1.54, 1.807) is 28.4 Å². The highest BCUT2D eigenvalue weighted by molar-refractivity contribution is 5.70. The average Bonchev–Trinajstić information content (AvgIpc) is 3.01. The van der Waals surface area contributed by atoms with Crippen LogP contribution in [0.1, 0.15) is 11.4 Å². The van der Waals surface area contributed by atoms with Crippen molar-refractivity contribution >= 4 is 11.2 Å². The first-order chi connectivity index (χ1) is 13.1. The Kier molecular flexibility index (Phi) is 5.70. The minimum atomic E-state index is -0.791. The van der Waals surface area contributed by atoms with Crippen LogP contribution in [0.4, 0.5) is 4.39 Å². The van der Waals surface area contributed by atoms with Crippen LogP contribution in [0.3, 0.4) is 0 Å². The fraction of sp³-hybridized carbons (Fsp3) is 0.389. The van der Waals surface area contributed by atoms with Gasteiger partial charge in [-0.15, -0.1) is 0 Å². The number of benzene rings is 1. The van der Waals surface area contributed by atoms with Crippen LogP contribution in [0.15, 0.2) is 18.3 Å². The van der Waals surface area contributed by atoms with Gasteiger partial charge >= 0.3 is 6.08 Å². The Hall–Kier alpha value is -2.94. The van der Waals surface area contributed by atoms with Gasteiger partial charge < -0.3 is 23.5 Å². The molecule has 0 aliphatic rings. The lowest BCUT2D eigenvalue weighted by molar-refractivity contribution is 0.187. The number of nitrogens with zero attached hydrogens (tertiary/aromatic N) is 4. The molecule has 0 unspecified atom stereocenters. The Morgan fingerprint density at radius 2 is 1.70 bits per heavy atom. The van der Waals surface area contributed by atoms with Crippen LogP contribution in [0.2, 0.25) is 0 Å². The minimum absolute atomic E-state index is 0.432. The second-order valence-electron chi connectivity index (χ2n) is 5.73. The van der Waals surface area contributed by atoms with Gasteiger partial charge in [0.05, 0.1) is 34.1 Å². The largest absolute Gasteiger partial charge is 0.493 e. The number of hydrogen-bond donors (Lipinski definition) is 0. The van der Waals surface area contributed by atoms with E-state index in [-0.39, 0.29) is 0 Å². The molecule has 144 valence electrons. The van der Waals surface area contributed by atoms with Gasteiger partial charge in [0.15, 0.2) is 17.1 Å². The third-order valence-electron chi connectivity index (χ3n) is 4.14. The minimum Gasteiger partial charge on any atom is -0.493 e. The van der Waals surface area contributed by atoms with Crippen molar-refractivity contribution in [3.05, 3.63) is 35.8 Å². The molecule has 0 amide bonds. The number of ether oxygens (including phenoxy) is 4. The van der Waals surface area contributed by atoms with Crippen molar-refractivity contribution in [2.75, 3.05) is 35.0 Å². The quantitative estimate of drug-likeness (QED) is 0.558. The van der Waals surface area contributed by atoms with E-state index in [0.717, 1.165) is 5.56 Å². The maximum Gasteiger partial charge on any atom is 0.310 e. The Morgan fingerprint density at radius 3 is 2.30 bits per heavy atom. The van der Waals surface area contributed by atoms with E-state index >= 15 is 0 Å². The summed E-state index contributed by atoms with van der Waals surface area (Å²) in [5, 5.41) is 0. The SMILES string of the molecule is COCCn1c(Cc2cc(OC)c(OC)c(OC)c2)nc2cnc(F)nc21. The Morgan fingerprint density at radius 1 is 1.00 bits per heavy atom. The summed E-state index contributed by atoms with van der Waals surface area (Å²) < 4.78 is 36.7. The van der Waals surface area contributed by atoms with Crippen molar-refractivity contribution in [1.29, 1.82) is 0 Å². The molecule has 3 rings (SSSR count). The van der Waals surface area contributed by atoms with Crippen molar-refractivity contribution in [3.8, 4) is 17.2 Å². The van der Waals surface area contributed by atoms with Gasteiger partial charge in [0, 0.05) is 20.1 Å². The molecule has 0 saturated heterocycles. The van der Waals surface area contributed by atoms with Crippen molar-refractivity contribution in [3.63, 3.8) is 0 Å². The molecule has 0 aliphatic carbocycles. The number of halogens is 1. The fourth-order valence-electron chi connectivity index (χ4n) is 2.92. The van der Waals surface area contributed by atoms with E-state index in [2.05, 4.69) is 15.0 Å². The van der Waals surface area contributed by atoms with Crippen LogP contribution in [-0.2, 0) is 17.7 Å². The van der Waals surface area contributed by atoms with Crippen LogP contribution in [-0.4, -0.2) is 54.6 Å². The maximum atomic E-state index is 13.5. The predicted octanol–water partition coefficient (Wildman–Crippen LogP) is 2.23. The van der Waals surface area contributed by atoms with Gasteiger partial charge in [0.25, 0.3) is 0 Å². The van der Waals surface area contributed by atoms with Gasteiger partial charge in [-0.25, -0.2) is 9.97 Å². The highest BCUT2D eigenvalue weighted by Crippen LogP contribution is 2.38. The predicted molar refractivity (Wildman–Crippen MR) is 96.1 cm³/mol. The van der Waals surface area contributed by atoms with Gasteiger partial charge in [-0.3, -0.25) is 0 Å². The second-order valence-corrected chi connectivity index (χ2v) is 5.73. The van der Waals surface area contributed by atoms with Gasteiger partial charge in [-0.05, 0) is 17.7 Å². The molecule has 2 aromatic heterocycles. The van der Waals surface area contributed by atoms with Gasteiger partial charge in [-0.2, -0.15) is 9.37 Å². The van der Waals surface area contributed by atoms with E-state index in [1.807, 2.05) is 16.7 Å². The van der Waals surface area contributed by atoms with Crippen LogP contribution in [0.5, 0.6) is 17.2 Å². The smallest absolute Gasteiger partial charge is 0.310 e. The van der Waals surface area contributed by atoms with Crippen LogP contribution >= 0.6 is 0 Å². The highest BCUT2D eigenvalue weighted by Gasteiger charge is 2.17. The molecule has 0 radical (unpaired) electrons. The lowest BCUT2D eigenvalue weighted by Crippen LogP contribution is -2.10. The fourth-order valence-corrected chi connectivity index (χ4v) is 2.92. The Bertz CT molecular complexity index is 919. The summed E-state index contributed by atoms with van der Waals surface area (Å²) in [6.07, 6.45) is 1.04. The van der Waals surface area contributed by atoms with Crippen molar-refractivity contribution in [2.45, 2.75) is 13.0 Å². The summed E-state index contributed by atoms with van der Waals surface area (Å²) in [6, 6.07) is 3.71. The van der Waals surface area contributed by atoms with Crippen LogP contribution < -0.4 is 14.2 Å². The zero-order chi connectivity index (χ0) is 19.4. The second kappa shape index (κ2) is 8.17. The molecule has 0 aliphatic heterocycles. The molecule has 0 saturated carbocycles. The van der Waals surface area contributed by atoms with Crippen molar-refractivity contribution < 1.29 is 23.3 Å². The lowest BCUT2D eigenvalue weighted by Gasteiger charge is -2.14. The number of rotatable bonds is 8. The molecule has 0 fully saturated rings. The topological polar surface area (TPSA) is 80.5 Å². The van der Waals surface area contributed by atoms with Crippen molar-refractivity contribution in [1.82, 2.24) is 19.5 Å². The Labute approximate surface area is 155 Å². The number of hydrogen-bond acceptors (Lipinski definition) is 7. The molecule has 27 heavy (non-hydrogen) atoms. The van der Waals surface area contributed by atoms with E-state index in [9.17, 15) is 4.39 Å². The molecule has 1 aromatic carbocycles. The van der Waals surface area contributed by atoms with Crippen molar-refractivity contribution in [2.24, 2.45) is 0 Å². The van der Waals surface area contributed by atoms with E-state index in [1.165, 1.54) is 6.20 Å². The summed E-state index contributed by atoms with van der Waals surface area (Å²) in [4.78, 5) is 12.0. The molecule has 0 spiro atoms. The molecular weight excluding hydrogens is 355 g/mol.